The maximum Gasteiger partial charge on any atom is 0.134 e. The van der Waals surface area contributed by atoms with E-state index in [0.29, 0.717) is 0 Å². The summed E-state index contributed by atoms with van der Waals surface area (Å²) in [5.41, 5.74) is 1.16. The summed E-state index contributed by atoms with van der Waals surface area (Å²) in [4.78, 5) is 0. The normalized spacial score (nSPS) is 20.5. The Morgan fingerprint density at radius 3 is 2.60 bits per heavy atom. The van der Waals surface area contributed by atoms with Crippen LogP contribution < -0.4 is 10.1 Å². The van der Waals surface area contributed by atoms with Crippen molar-refractivity contribution in [2.45, 2.75) is 12.6 Å². The number of hydrogen-bond donors (Lipinski definition) is 1. The molecular weight excluding hydrogens is 214 g/mol. The topological polar surface area (TPSA) is 30.5 Å². The van der Waals surface area contributed by atoms with Crippen LogP contribution in [0.25, 0.3) is 0 Å². The van der Waals surface area contributed by atoms with E-state index in [4.69, 9.17) is 9.47 Å². The fraction of sp³-hybridized carbons (Fsp3) is 0.455. The minimum Gasteiger partial charge on any atom is -0.497 e. The van der Waals surface area contributed by atoms with Crippen LogP contribution in [0.2, 0.25) is 0 Å². The maximum atomic E-state index is 5.59. The fourth-order valence-electron chi connectivity index (χ4n) is 1.56. The lowest BCUT2D eigenvalue weighted by molar-refractivity contribution is -0.000332. The molecule has 0 saturated carbocycles. The van der Waals surface area contributed by atoms with E-state index in [9.17, 15) is 0 Å². The van der Waals surface area contributed by atoms with E-state index in [-0.39, 0.29) is 18.6 Å². The number of hydrogen-bond acceptors (Lipinski definition) is 3. The Bertz CT molecular complexity index is 283. The zero-order valence-corrected chi connectivity index (χ0v) is 9.55. The molecule has 1 aliphatic rings. The number of nitrogens with one attached hydrogen (secondary N) is 1. The van der Waals surface area contributed by atoms with Gasteiger partial charge in [-0.1, -0.05) is 12.1 Å². The number of halogens is 1. The summed E-state index contributed by atoms with van der Waals surface area (Å²) in [7, 11) is 1.67. The molecule has 0 amide bonds. The summed E-state index contributed by atoms with van der Waals surface area (Å²) in [6, 6.07) is 7.97. The van der Waals surface area contributed by atoms with Gasteiger partial charge in [0, 0.05) is 6.54 Å². The molecule has 1 aliphatic heterocycles. The Morgan fingerprint density at radius 2 is 2.07 bits per heavy atom. The van der Waals surface area contributed by atoms with Crippen molar-refractivity contribution in [1.82, 2.24) is 5.32 Å². The van der Waals surface area contributed by atoms with Crippen LogP contribution >= 0.6 is 12.4 Å². The predicted molar refractivity (Wildman–Crippen MR) is 61.6 cm³/mol. The van der Waals surface area contributed by atoms with Gasteiger partial charge in [-0.15, -0.1) is 12.4 Å². The van der Waals surface area contributed by atoms with Crippen molar-refractivity contribution in [3.63, 3.8) is 0 Å². The fourth-order valence-corrected chi connectivity index (χ4v) is 1.56. The molecule has 2 rings (SSSR count). The molecule has 1 aromatic carbocycles. The van der Waals surface area contributed by atoms with Gasteiger partial charge < -0.3 is 9.47 Å². The van der Waals surface area contributed by atoms with Crippen LogP contribution in [-0.2, 0) is 4.74 Å². The highest BCUT2D eigenvalue weighted by Crippen LogP contribution is 2.20. The van der Waals surface area contributed by atoms with Crippen LogP contribution in [0, 0.1) is 0 Å². The molecule has 1 aromatic rings. The van der Waals surface area contributed by atoms with Crippen LogP contribution in [0.4, 0.5) is 0 Å². The second-order valence-corrected chi connectivity index (χ2v) is 3.33. The molecule has 1 atom stereocenters. The monoisotopic (exact) mass is 229 g/mol. The van der Waals surface area contributed by atoms with Gasteiger partial charge >= 0.3 is 0 Å². The van der Waals surface area contributed by atoms with Gasteiger partial charge in [-0.3, -0.25) is 5.32 Å². The zero-order valence-electron chi connectivity index (χ0n) is 8.73. The van der Waals surface area contributed by atoms with Crippen molar-refractivity contribution >= 4 is 12.4 Å². The molecule has 1 unspecified atom stereocenters. The Hall–Kier alpha value is -0.770. The van der Waals surface area contributed by atoms with Crippen LogP contribution in [0.1, 0.15) is 18.2 Å². The summed E-state index contributed by atoms with van der Waals surface area (Å²) in [5.74, 6) is 0.879. The lowest BCUT2D eigenvalue weighted by atomic mass is 10.1. The van der Waals surface area contributed by atoms with Gasteiger partial charge in [0.1, 0.15) is 12.0 Å². The third-order valence-corrected chi connectivity index (χ3v) is 2.35. The highest BCUT2D eigenvalue weighted by Gasteiger charge is 2.14. The Balaban J connectivity index is 0.00000112. The third-order valence-electron chi connectivity index (χ3n) is 2.35. The van der Waals surface area contributed by atoms with E-state index in [0.717, 1.165) is 30.9 Å². The standard InChI is InChI=1S/C11H15NO2.ClH/c1-13-10-5-3-9(4-6-10)11-12-7-2-8-14-11;/h3-6,11-12H,2,7-8H2,1H3;1H. The maximum absolute atomic E-state index is 5.59. The number of benzene rings is 1. The summed E-state index contributed by atoms with van der Waals surface area (Å²) < 4.78 is 10.7. The van der Waals surface area contributed by atoms with Gasteiger partial charge in [-0.25, -0.2) is 0 Å². The average molecular weight is 230 g/mol. The smallest absolute Gasteiger partial charge is 0.134 e. The summed E-state index contributed by atoms with van der Waals surface area (Å²) in [5, 5.41) is 3.31. The van der Waals surface area contributed by atoms with Crippen molar-refractivity contribution in [2.24, 2.45) is 0 Å². The zero-order chi connectivity index (χ0) is 9.80. The van der Waals surface area contributed by atoms with Crippen LogP contribution in [-0.4, -0.2) is 20.3 Å². The van der Waals surface area contributed by atoms with Crippen molar-refractivity contribution in [2.75, 3.05) is 20.3 Å². The molecule has 1 heterocycles. The lowest BCUT2D eigenvalue weighted by Crippen LogP contribution is -2.30. The SMILES string of the molecule is COc1ccc(C2NCCCO2)cc1.Cl. The highest BCUT2D eigenvalue weighted by atomic mass is 35.5. The van der Waals surface area contributed by atoms with Crippen molar-refractivity contribution in [1.29, 1.82) is 0 Å². The molecule has 0 aliphatic carbocycles. The van der Waals surface area contributed by atoms with Crippen molar-refractivity contribution in [3.8, 4) is 5.75 Å². The minimum atomic E-state index is 0. The molecular formula is C11H16ClNO2. The lowest BCUT2D eigenvalue weighted by Gasteiger charge is -2.24. The van der Waals surface area contributed by atoms with Crippen molar-refractivity contribution in [3.05, 3.63) is 29.8 Å². The van der Waals surface area contributed by atoms with E-state index in [2.05, 4.69) is 5.32 Å². The first-order valence-electron chi connectivity index (χ1n) is 4.89. The van der Waals surface area contributed by atoms with Crippen LogP contribution in [0.5, 0.6) is 5.75 Å². The molecule has 0 radical (unpaired) electrons. The molecule has 1 saturated heterocycles. The molecule has 0 spiro atoms. The van der Waals surface area contributed by atoms with Gasteiger partial charge in [0.15, 0.2) is 0 Å². The number of ether oxygens (including phenoxy) is 2. The molecule has 84 valence electrons. The molecule has 1 N–H and O–H groups in total. The molecule has 15 heavy (non-hydrogen) atoms. The second kappa shape index (κ2) is 5.95. The highest BCUT2D eigenvalue weighted by molar-refractivity contribution is 5.85. The minimum absolute atomic E-state index is 0. The first kappa shape index (κ1) is 12.3. The number of methoxy groups -OCH3 is 1. The third kappa shape index (κ3) is 3.09. The predicted octanol–water partition coefficient (Wildman–Crippen LogP) is 2.13. The van der Waals surface area contributed by atoms with Gasteiger partial charge in [-0.05, 0) is 24.1 Å². The Kier molecular flexibility index (Phi) is 4.88. The molecule has 1 fully saturated rings. The van der Waals surface area contributed by atoms with Crippen molar-refractivity contribution < 1.29 is 9.47 Å². The quantitative estimate of drug-likeness (QED) is 0.843. The Labute approximate surface area is 96.2 Å². The first-order chi connectivity index (χ1) is 6.90. The largest absolute Gasteiger partial charge is 0.497 e. The second-order valence-electron chi connectivity index (χ2n) is 3.33. The van der Waals surface area contributed by atoms with Crippen LogP contribution in [0.15, 0.2) is 24.3 Å². The summed E-state index contributed by atoms with van der Waals surface area (Å²) >= 11 is 0. The molecule has 0 bridgehead atoms. The van der Waals surface area contributed by atoms with E-state index >= 15 is 0 Å². The van der Waals surface area contributed by atoms with Gasteiger partial charge in [0.25, 0.3) is 0 Å². The van der Waals surface area contributed by atoms with Crippen LogP contribution in [0.3, 0.4) is 0 Å². The number of rotatable bonds is 2. The van der Waals surface area contributed by atoms with E-state index in [1.165, 1.54) is 0 Å². The molecule has 3 nitrogen and oxygen atoms in total. The first-order valence-corrected chi connectivity index (χ1v) is 4.89. The van der Waals surface area contributed by atoms with Gasteiger partial charge in [0.05, 0.1) is 13.7 Å². The molecule has 4 heteroatoms. The average Bonchev–Trinajstić information content (AvgIpc) is 2.30. The Morgan fingerprint density at radius 1 is 1.33 bits per heavy atom. The summed E-state index contributed by atoms with van der Waals surface area (Å²) in [6.45, 7) is 1.86. The molecule has 0 aromatic heterocycles. The van der Waals surface area contributed by atoms with Gasteiger partial charge in [0.2, 0.25) is 0 Å². The van der Waals surface area contributed by atoms with E-state index in [1.807, 2.05) is 24.3 Å². The van der Waals surface area contributed by atoms with Gasteiger partial charge in [-0.2, -0.15) is 0 Å². The summed E-state index contributed by atoms with van der Waals surface area (Å²) in [6.07, 6.45) is 1.14. The van der Waals surface area contributed by atoms with E-state index in [1.54, 1.807) is 7.11 Å². The van der Waals surface area contributed by atoms with E-state index < -0.39 is 0 Å².